The van der Waals surface area contributed by atoms with Gasteiger partial charge in [0.15, 0.2) is 0 Å². The van der Waals surface area contributed by atoms with Crippen LogP contribution >= 0.6 is 0 Å². The van der Waals surface area contributed by atoms with Crippen LogP contribution < -0.4 is 10.5 Å². The van der Waals surface area contributed by atoms with Gasteiger partial charge in [0.2, 0.25) is 0 Å². The Hall–Kier alpha value is -0.488. The first kappa shape index (κ1) is 17.5. The van der Waals surface area contributed by atoms with Gasteiger partial charge in [-0.15, -0.1) is 0 Å². The van der Waals surface area contributed by atoms with Crippen molar-refractivity contribution in [3.63, 3.8) is 0 Å². The van der Waals surface area contributed by atoms with Crippen LogP contribution in [0.2, 0.25) is 0 Å². The summed E-state index contributed by atoms with van der Waals surface area (Å²) in [4.78, 5) is 22.6. The minimum Gasteiger partial charge on any atom is 0 e. The van der Waals surface area contributed by atoms with Crippen molar-refractivity contribution in [1.82, 2.24) is 9.97 Å². The summed E-state index contributed by atoms with van der Waals surface area (Å²) in [5.74, 6) is 0.392. The number of rotatable bonds is 3. The second-order valence-electron chi connectivity index (χ2n) is 3.29. The summed E-state index contributed by atoms with van der Waals surface area (Å²) >= 11 is 1.07. The molecule has 0 saturated heterocycles. The number of aromatic nitrogens is 2. The van der Waals surface area contributed by atoms with E-state index in [9.17, 15) is 4.79 Å². The van der Waals surface area contributed by atoms with E-state index in [-0.39, 0.29) is 38.3 Å². The van der Waals surface area contributed by atoms with E-state index < -0.39 is 0 Å². The van der Waals surface area contributed by atoms with Gasteiger partial charge in [-0.05, 0) is 0 Å². The van der Waals surface area contributed by atoms with Crippen molar-refractivity contribution < 1.29 is 52.1 Å². The topological polar surface area (TPSA) is 48.4 Å². The third-order valence-electron chi connectivity index (χ3n) is 2.00. The second kappa shape index (κ2) is 7.84. The van der Waals surface area contributed by atoms with E-state index in [0.29, 0.717) is 26.7 Å². The van der Waals surface area contributed by atoms with Crippen molar-refractivity contribution in [3.8, 4) is 0 Å². The number of nitrogens with zero attached hydrogens (tertiary/aromatic N) is 3. The Labute approximate surface area is 142 Å². The van der Waals surface area contributed by atoms with Crippen molar-refractivity contribution in [2.45, 2.75) is 13.8 Å². The van der Waals surface area contributed by atoms with E-state index in [0.717, 1.165) is 19.4 Å². The molecule has 1 aromatic rings. The van der Waals surface area contributed by atoms with Gasteiger partial charge in [-0.3, -0.25) is 0 Å². The smallest absolute Gasteiger partial charge is 0 e. The quantitative estimate of drug-likeness (QED) is 0.476. The normalized spacial score (nSPS) is 9.61. The molecular formula is C12H9N3OWY-2. The maximum atomic E-state index is 11.5. The average molecular weight is 484 g/mol. The van der Waals surface area contributed by atoms with Gasteiger partial charge in [0.1, 0.15) is 0 Å². The Morgan fingerprint density at radius 2 is 2.11 bits per heavy atom. The Morgan fingerprint density at radius 1 is 1.50 bits per heavy atom. The molecule has 0 aliphatic carbocycles. The minimum atomic E-state index is -0.319. The zero-order valence-corrected chi connectivity index (χ0v) is 15.7. The molecule has 1 aromatic heterocycles. The molecule has 1 heterocycles. The molecule has 18 heavy (non-hydrogen) atoms. The van der Waals surface area contributed by atoms with Crippen molar-refractivity contribution in [1.29, 1.82) is 0 Å². The van der Waals surface area contributed by atoms with Crippen LogP contribution in [0.15, 0.2) is 16.9 Å². The summed E-state index contributed by atoms with van der Waals surface area (Å²) in [5.41, 5.74) is 0.907. The summed E-state index contributed by atoms with van der Waals surface area (Å²) in [6.45, 7) is 15.9. The number of allylic oxidation sites excluding steroid dienone is 2. The molecule has 0 unspecified atom stereocenters. The fourth-order valence-electron chi connectivity index (χ4n) is 1.16. The molecule has 1 radical (unpaired) electrons. The van der Waals surface area contributed by atoms with Crippen LogP contribution in [0.1, 0.15) is 17.1 Å². The van der Waals surface area contributed by atoms with E-state index in [4.69, 9.17) is 13.2 Å². The molecule has 0 amide bonds. The molecule has 0 atom stereocenters. The van der Waals surface area contributed by atoms with Gasteiger partial charge in [-0.25, -0.2) is 0 Å². The Kier molecular flexibility index (Phi) is 7.63. The largest absolute Gasteiger partial charge is 0 e. The number of hydrogen-bond donors (Lipinski definition) is 0. The SMILES string of the molecule is [C-]#[N+][C](=[W])C=CC(=[CH-])c1nc(C)[n-]c(=O)c1C.[Y]. The van der Waals surface area contributed by atoms with Crippen LogP contribution in [-0.2, 0) is 52.1 Å². The van der Waals surface area contributed by atoms with Crippen LogP contribution in [0.4, 0.5) is 0 Å². The molecule has 0 spiro atoms. The van der Waals surface area contributed by atoms with Gasteiger partial charge in [-0.1, -0.05) is 0 Å². The molecule has 1 rings (SSSR count). The van der Waals surface area contributed by atoms with Gasteiger partial charge < -0.3 is 0 Å². The molecule has 0 saturated carbocycles. The Morgan fingerprint density at radius 3 is 2.67 bits per heavy atom. The first-order valence-electron chi connectivity index (χ1n) is 4.70. The Bertz CT molecular complexity index is 611. The molecule has 0 bridgehead atoms. The Balaban J connectivity index is 0.00000289. The third-order valence-corrected chi connectivity index (χ3v) is 2.82. The summed E-state index contributed by atoms with van der Waals surface area (Å²) < 4.78 is 0.596. The van der Waals surface area contributed by atoms with Gasteiger partial charge in [0.25, 0.3) is 0 Å². The maximum Gasteiger partial charge on any atom is 0 e. The fourth-order valence-corrected chi connectivity index (χ4v) is 1.41. The van der Waals surface area contributed by atoms with Gasteiger partial charge >= 0.3 is 110 Å². The first-order valence-corrected chi connectivity index (χ1v) is 6.17. The fraction of sp³-hybridized carbons (Fsp3) is 0.167. The monoisotopic (exact) mass is 484 g/mol. The van der Waals surface area contributed by atoms with Crippen LogP contribution in [0.25, 0.3) is 10.4 Å². The summed E-state index contributed by atoms with van der Waals surface area (Å²) in [6, 6.07) is 0. The zero-order chi connectivity index (χ0) is 13.0. The van der Waals surface area contributed by atoms with Gasteiger partial charge in [-0.2, -0.15) is 0 Å². The second-order valence-corrected chi connectivity index (χ2v) is 4.79. The van der Waals surface area contributed by atoms with E-state index in [2.05, 4.69) is 14.8 Å². The van der Waals surface area contributed by atoms with Crippen LogP contribution in [0.5, 0.6) is 0 Å². The molecular weight excluding hydrogens is 475 g/mol. The predicted octanol–water partition coefficient (Wildman–Crippen LogP) is 0.982. The molecule has 0 aliphatic heterocycles. The van der Waals surface area contributed by atoms with Crippen LogP contribution in [0, 0.1) is 27.0 Å². The third kappa shape index (κ3) is 4.65. The minimum absolute atomic E-state index is 0. The molecule has 0 N–H and O–H groups in total. The molecule has 0 aliphatic rings. The van der Waals surface area contributed by atoms with Crippen molar-refractivity contribution in [2.24, 2.45) is 0 Å². The molecule has 0 aromatic carbocycles. The van der Waals surface area contributed by atoms with Crippen molar-refractivity contribution in [2.75, 3.05) is 0 Å². The zero-order valence-electron chi connectivity index (χ0n) is 9.97. The molecule has 4 nitrogen and oxygen atoms in total. The predicted molar refractivity (Wildman–Crippen MR) is 61.8 cm³/mol. The first-order chi connectivity index (χ1) is 7.95. The van der Waals surface area contributed by atoms with Crippen molar-refractivity contribution in [3.05, 3.63) is 57.6 Å². The van der Waals surface area contributed by atoms with E-state index in [1.807, 2.05) is 0 Å². The van der Waals surface area contributed by atoms with Crippen molar-refractivity contribution >= 4 is 9.59 Å². The van der Waals surface area contributed by atoms with Crippen LogP contribution in [-0.4, -0.2) is 9.01 Å². The van der Waals surface area contributed by atoms with Gasteiger partial charge in [0, 0.05) is 32.7 Å². The molecule has 89 valence electrons. The van der Waals surface area contributed by atoms with E-state index >= 15 is 0 Å². The standard InChI is InChI=1S/C12H10N3O.W.Y/c1-8(6-5-7-13-4)11-9(2)12(16)15-10(3)14-11;;/h1,5-6H,2-3H3,(H,14,15,16);;/q-1;;/p-1. The number of hydrogen-bond acceptors (Lipinski definition) is 2. The summed E-state index contributed by atoms with van der Waals surface area (Å²) in [5, 5.41) is 0. The maximum absolute atomic E-state index is 11.5. The average Bonchev–Trinajstić information content (AvgIpc) is 2.30. The summed E-state index contributed by atoms with van der Waals surface area (Å²) in [7, 11) is 0. The van der Waals surface area contributed by atoms with Gasteiger partial charge in [0.05, 0.1) is 0 Å². The van der Waals surface area contributed by atoms with E-state index in [1.165, 1.54) is 0 Å². The van der Waals surface area contributed by atoms with E-state index in [1.54, 1.807) is 26.0 Å². The number of aryl methyl sites for hydroxylation is 1. The molecule has 0 fully saturated rings. The summed E-state index contributed by atoms with van der Waals surface area (Å²) in [6.07, 6.45) is 3.22. The van der Waals surface area contributed by atoms with Crippen LogP contribution in [0.3, 0.4) is 0 Å². The molecule has 6 heteroatoms.